The topological polar surface area (TPSA) is 93.6 Å². The number of carbonyl (C=O) groups excluding carboxylic acids is 1. The molecule has 1 aromatic heterocycles. The summed E-state index contributed by atoms with van der Waals surface area (Å²) in [5.74, 6) is 0.348. The summed E-state index contributed by atoms with van der Waals surface area (Å²) in [6.07, 6.45) is 1.53. The zero-order valence-electron chi connectivity index (χ0n) is 11.7. The molecule has 1 aromatic carbocycles. The second-order valence-corrected chi connectivity index (χ2v) is 6.32. The van der Waals surface area contributed by atoms with Crippen molar-refractivity contribution in [3.8, 4) is 0 Å². The van der Waals surface area contributed by atoms with Gasteiger partial charge in [0.05, 0.1) is 17.7 Å². The third-order valence-electron chi connectivity index (χ3n) is 3.09. The standard InChI is InChI=1S/C14H16N2O4S/c1-10-5-6-12(21(15,18)19)8-13(10)14(17)16(2)9-11-4-3-7-20-11/h3-8H,9H2,1-2H3,(H2,15,18,19). The van der Waals surface area contributed by atoms with Crippen molar-refractivity contribution < 1.29 is 17.6 Å². The van der Waals surface area contributed by atoms with Gasteiger partial charge < -0.3 is 9.32 Å². The van der Waals surface area contributed by atoms with Gasteiger partial charge in [0.25, 0.3) is 5.91 Å². The fourth-order valence-corrected chi connectivity index (χ4v) is 2.46. The van der Waals surface area contributed by atoms with Crippen LogP contribution in [0.15, 0.2) is 45.9 Å². The van der Waals surface area contributed by atoms with Crippen LogP contribution in [0.1, 0.15) is 21.7 Å². The molecule has 0 spiro atoms. The highest BCUT2D eigenvalue weighted by Gasteiger charge is 2.18. The minimum Gasteiger partial charge on any atom is -0.467 e. The fraction of sp³-hybridized carbons (Fsp3) is 0.214. The molecule has 112 valence electrons. The smallest absolute Gasteiger partial charge is 0.254 e. The quantitative estimate of drug-likeness (QED) is 0.926. The monoisotopic (exact) mass is 308 g/mol. The second-order valence-electron chi connectivity index (χ2n) is 4.76. The molecule has 2 aromatic rings. The number of hydrogen-bond acceptors (Lipinski definition) is 4. The van der Waals surface area contributed by atoms with Gasteiger partial charge in [-0.25, -0.2) is 13.6 Å². The van der Waals surface area contributed by atoms with Crippen LogP contribution in [0.4, 0.5) is 0 Å². The molecule has 1 amide bonds. The van der Waals surface area contributed by atoms with Crippen LogP contribution < -0.4 is 5.14 Å². The number of aryl methyl sites for hydroxylation is 1. The van der Waals surface area contributed by atoms with E-state index in [0.717, 1.165) is 0 Å². The SMILES string of the molecule is Cc1ccc(S(N)(=O)=O)cc1C(=O)N(C)Cc1ccco1. The maximum atomic E-state index is 12.4. The summed E-state index contributed by atoms with van der Waals surface area (Å²) < 4.78 is 28.0. The molecule has 21 heavy (non-hydrogen) atoms. The highest BCUT2D eigenvalue weighted by molar-refractivity contribution is 7.89. The van der Waals surface area contributed by atoms with E-state index in [1.165, 1.54) is 23.3 Å². The minimum absolute atomic E-state index is 0.0807. The Balaban J connectivity index is 2.30. The third kappa shape index (κ3) is 3.50. The summed E-state index contributed by atoms with van der Waals surface area (Å²) >= 11 is 0. The summed E-state index contributed by atoms with van der Waals surface area (Å²) in [5.41, 5.74) is 0.981. The number of nitrogens with two attached hydrogens (primary N) is 1. The lowest BCUT2D eigenvalue weighted by Gasteiger charge is -2.17. The first kappa shape index (κ1) is 15.3. The molecule has 0 saturated carbocycles. The normalized spacial score (nSPS) is 11.4. The average molecular weight is 308 g/mol. The predicted octanol–water partition coefficient (Wildman–Crippen LogP) is 1.51. The Labute approximate surface area is 123 Å². The van der Waals surface area contributed by atoms with Crippen LogP contribution in [-0.2, 0) is 16.6 Å². The molecule has 0 atom stereocenters. The van der Waals surface area contributed by atoms with Gasteiger partial charge in [0.1, 0.15) is 5.76 Å². The van der Waals surface area contributed by atoms with Gasteiger partial charge in [-0.2, -0.15) is 0 Å². The maximum absolute atomic E-state index is 12.4. The molecule has 0 fully saturated rings. The lowest BCUT2D eigenvalue weighted by atomic mass is 10.1. The van der Waals surface area contributed by atoms with E-state index in [-0.39, 0.29) is 10.8 Å². The van der Waals surface area contributed by atoms with E-state index in [9.17, 15) is 13.2 Å². The number of benzene rings is 1. The number of furan rings is 1. The zero-order chi connectivity index (χ0) is 15.6. The Hall–Kier alpha value is -2.12. The molecule has 1 heterocycles. The molecular formula is C14H16N2O4S. The molecule has 2 rings (SSSR count). The van der Waals surface area contributed by atoms with E-state index in [1.54, 1.807) is 32.2 Å². The maximum Gasteiger partial charge on any atom is 0.254 e. The highest BCUT2D eigenvalue weighted by Crippen LogP contribution is 2.17. The van der Waals surface area contributed by atoms with Crippen molar-refractivity contribution in [1.82, 2.24) is 4.90 Å². The van der Waals surface area contributed by atoms with E-state index < -0.39 is 10.0 Å². The van der Waals surface area contributed by atoms with Crippen LogP contribution in [-0.4, -0.2) is 26.3 Å². The van der Waals surface area contributed by atoms with Crippen molar-refractivity contribution in [2.75, 3.05) is 7.05 Å². The van der Waals surface area contributed by atoms with Crippen LogP contribution in [0.25, 0.3) is 0 Å². The first-order valence-corrected chi connectivity index (χ1v) is 7.75. The average Bonchev–Trinajstić information content (AvgIpc) is 2.90. The van der Waals surface area contributed by atoms with Gasteiger partial charge in [-0.15, -0.1) is 0 Å². The Morgan fingerprint density at radius 2 is 2.05 bits per heavy atom. The highest BCUT2D eigenvalue weighted by atomic mass is 32.2. The summed E-state index contributed by atoms with van der Waals surface area (Å²) in [4.78, 5) is 13.8. The van der Waals surface area contributed by atoms with Crippen LogP contribution in [0.2, 0.25) is 0 Å². The van der Waals surface area contributed by atoms with Gasteiger partial charge in [-0.05, 0) is 36.8 Å². The lowest BCUT2D eigenvalue weighted by Crippen LogP contribution is -2.27. The van der Waals surface area contributed by atoms with Crippen LogP contribution >= 0.6 is 0 Å². The van der Waals surface area contributed by atoms with Gasteiger partial charge >= 0.3 is 0 Å². The van der Waals surface area contributed by atoms with Gasteiger partial charge in [-0.1, -0.05) is 6.07 Å². The number of rotatable bonds is 4. The van der Waals surface area contributed by atoms with E-state index in [2.05, 4.69) is 0 Å². The Bertz CT molecular complexity index is 751. The van der Waals surface area contributed by atoms with Gasteiger partial charge in [-0.3, -0.25) is 4.79 Å². The minimum atomic E-state index is -3.84. The molecule has 0 aliphatic carbocycles. The number of nitrogens with zero attached hydrogens (tertiary/aromatic N) is 1. The van der Waals surface area contributed by atoms with Gasteiger partial charge in [0.15, 0.2) is 0 Å². The second kappa shape index (κ2) is 5.71. The Morgan fingerprint density at radius 1 is 1.33 bits per heavy atom. The van der Waals surface area contributed by atoms with Crippen molar-refractivity contribution in [1.29, 1.82) is 0 Å². The van der Waals surface area contributed by atoms with Crippen LogP contribution in [0.5, 0.6) is 0 Å². The van der Waals surface area contributed by atoms with E-state index in [1.807, 2.05) is 0 Å². The molecule has 7 heteroatoms. The van der Waals surface area contributed by atoms with Crippen molar-refractivity contribution >= 4 is 15.9 Å². The summed E-state index contributed by atoms with van der Waals surface area (Å²) in [7, 11) is -2.22. The molecule has 0 aliphatic rings. The molecule has 6 nitrogen and oxygen atoms in total. The van der Waals surface area contributed by atoms with E-state index in [4.69, 9.17) is 9.56 Å². The zero-order valence-corrected chi connectivity index (χ0v) is 12.6. The van der Waals surface area contributed by atoms with Crippen molar-refractivity contribution in [3.05, 3.63) is 53.5 Å². The van der Waals surface area contributed by atoms with Crippen molar-refractivity contribution in [2.45, 2.75) is 18.4 Å². The van der Waals surface area contributed by atoms with Gasteiger partial charge in [0.2, 0.25) is 10.0 Å². The lowest BCUT2D eigenvalue weighted by molar-refractivity contribution is 0.0774. The van der Waals surface area contributed by atoms with Crippen LogP contribution in [0.3, 0.4) is 0 Å². The summed E-state index contributed by atoms with van der Waals surface area (Å²) in [6, 6.07) is 7.74. The van der Waals surface area contributed by atoms with E-state index in [0.29, 0.717) is 23.4 Å². The molecule has 0 radical (unpaired) electrons. The van der Waals surface area contributed by atoms with Crippen molar-refractivity contribution in [3.63, 3.8) is 0 Å². The summed E-state index contributed by atoms with van der Waals surface area (Å²) in [5, 5.41) is 5.09. The number of sulfonamides is 1. The first-order chi connectivity index (χ1) is 9.79. The third-order valence-corrected chi connectivity index (χ3v) is 4.00. The number of primary sulfonamides is 1. The fourth-order valence-electron chi connectivity index (χ4n) is 1.92. The van der Waals surface area contributed by atoms with Gasteiger partial charge in [0, 0.05) is 12.6 Å². The molecule has 0 bridgehead atoms. The number of amides is 1. The number of carbonyl (C=O) groups is 1. The van der Waals surface area contributed by atoms with Crippen LogP contribution in [0, 0.1) is 6.92 Å². The first-order valence-electron chi connectivity index (χ1n) is 6.20. The molecule has 0 aliphatic heterocycles. The molecule has 0 unspecified atom stereocenters. The molecule has 2 N–H and O–H groups in total. The molecule has 0 saturated heterocycles. The number of hydrogen-bond donors (Lipinski definition) is 1. The predicted molar refractivity (Wildman–Crippen MR) is 77.1 cm³/mol. The van der Waals surface area contributed by atoms with E-state index >= 15 is 0 Å². The largest absolute Gasteiger partial charge is 0.467 e. The molecular weight excluding hydrogens is 292 g/mol. The summed E-state index contributed by atoms with van der Waals surface area (Å²) in [6.45, 7) is 2.03. The Kier molecular flexibility index (Phi) is 4.15. The van der Waals surface area contributed by atoms with Crippen molar-refractivity contribution in [2.24, 2.45) is 5.14 Å². The Morgan fingerprint density at radius 3 is 2.62 bits per heavy atom.